The third-order valence-electron chi connectivity index (χ3n) is 2.70. The van der Waals surface area contributed by atoms with E-state index in [2.05, 4.69) is 11.8 Å². The number of nitrogens with zero attached hydrogens (tertiary/aromatic N) is 1. The lowest BCUT2D eigenvalue weighted by molar-refractivity contribution is 0.621. The molecule has 16 heavy (non-hydrogen) atoms. The van der Waals surface area contributed by atoms with Gasteiger partial charge in [0.15, 0.2) is 0 Å². The summed E-state index contributed by atoms with van der Waals surface area (Å²) in [6, 6.07) is 5.04. The first-order chi connectivity index (χ1) is 7.70. The smallest absolute Gasteiger partial charge is 0.124 e. The van der Waals surface area contributed by atoms with E-state index in [9.17, 15) is 4.39 Å². The highest BCUT2D eigenvalue weighted by Gasteiger charge is 2.22. The largest absolute Gasteiger partial charge is 0.369 e. The van der Waals surface area contributed by atoms with Crippen LogP contribution in [-0.4, -0.2) is 24.9 Å². The zero-order chi connectivity index (χ0) is 11.5. The van der Waals surface area contributed by atoms with Crippen LogP contribution >= 0.6 is 11.8 Å². The summed E-state index contributed by atoms with van der Waals surface area (Å²) in [5, 5.41) is 0.507. The van der Waals surface area contributed by atoms with Gasteiger partial charge in [-0.2, -0.15) is 0 Å². The number of hydrogen-bond acceptors (Lipinski definition) is 3. The molecule has 2 N–H and O–H groups in total. The van der Waals surface area contributed by atoms with Gasteiger partial charge in [0.25, 0.3) is 0 Å². The molecule has 2 nitrogen and oxygen atoms in total. The van der Waals surface area contributed by atoms with E-state index in [1.54, 1.807) is 17.8 Å². The molecule has 1 atom stereocenters. The first-order valence-electron chi connectivity index (χ1n) is 5.62. The molecule has 0 spiro atoms. The van der Waals surface area contributed by atoms with Crippen molar-refractivity contribution in [1.29, 1.82) is 0 Å². The lowest BCUT2D eigenvalue weighted by atomic mass is 10.2. The Morgan fingerprint density at radius 2 is 2.38 bits per heavy atom. The SMILES string of the molecule is CC1CN(CCCN)c2ccc(F)cc2S1. The average Bonchev–Trinajstić information content (AvgIpc) is 2.25. The lowest BCUT2D eigenvalue weighted by Crippen LogP contribution is -2.34. The van der Waals surface area contributed by atoms with E-state index in [1.165, 1.54) is 6.07 Å². The molecule has 0 fully saturated rings. The highest BCUT2D eigenvalue weighted by Crippen LogP contribution is 2.38. The number of benzene rings is 1. The van der Waals surface area contributed by atoms with Gasteiger partial charge in [0.05, 0.1) is 5.69 Å². The summed E-state index contributed by atoms with van der Waals surface area (Å²) in [6.45, 7) is 4.85. The minimum Gasteiger partial charge on any atom is -0.369 e. The van der Waals surface area contributed by atoms with E-state index in [0.717, 1.165) is 30.1 Å². The molecule has 2 rings (SSSR count). The molecule has 1 aromatic rings. The van der Waals surface area contributed by atoms with Crippen molar-refractivity contribution in [2.75, 3.05) is 24.5 Å². The molecule has 1 aliphatic rings. The van der Waals surface area contributed by atoms with Crippen molar-refractivity contribution >= 4 is 17.4 Å². The molecule has 0 saturated heterocycles. The maximum absolute atomic E-state index is 13.1. The molecule has 1 aliphatic heterocycles. The third kappa shape index (κ3) is 2.50. The summed E-state index contributed by atoms with van der Waals surface area (Å²) in [5.74, 6) is -0.154. The van der Waals surface area contributed by atoms with Gasteiger partial charge in [-0.1, -0.05) is 6.92 Å². The summed E-state index contributed by atoms with van der Waals surface area (Å²) in [4.78, 5) is 3.36. The first-order valence-corrected chi connectivity index (χ1v) is 6.50. The Morgan fingerprint density at radius 1 is 1.56 bits per heavy atom. The zero-order valence-corrected chi connectivity index (χ0v) is 10.3. The fourth-order valence-corrected chi connectivity index (χ4v) is 3.19. The summed E-state index contributed by atoms with van der Waals surface area (Å²) < 4.78 is 13.1. The van der Waals surface area contributed by atoms with E-state index in [-0.39, 0.29) is 5.82 Å². The fourth-order valence-electron chi connectivity index (χ4n) is 2.00. The third-order valence-corrected chi connectivity index (χ3v) is 3.83. The highest BCUT2D eigenvalue weighted by molar-refractivity contribution is 8.00. The van der Waals surface area contributed by atoms with Crippen molar-refractivity contribution in [3.8, 4) is 0 Å². The van der Waals surface area contributed by atoms with Gasteiger partial charge in [-0.05, 0) is 31.2 Å². The maximum atomic E-state index is 13.1. The molecule has 0 aliphatic carbocycles. The predicted octanol–water partition coefficient (Wildman–Crippen LogP) is 2.48. The van der Waals surface area contributed by atoms with Gasteiger partial charge in [0.1, 0.15) is 5.82 Å². The molecule has 88 valence electrons. The van der Waals surface area contributed by atoms with Crippen LogP contribution in [-0.2, 0) is 0 Å². The van der Waals surface area contributed by atoms with Crippen molar-refractivity contribution < 1.29 is 4.39 Å². The standard InChI is InChI=1S/C12H17FN2S/c1-9-8-15(6-2-5-14)11-4-3-10(13)7-12(11)16-9/h3-4,7,9H,2,5-6,8,14H2,1H3. The number of thioether (sulfide) groups is 1. The summed E-state index contributed by atoms with van der Waals surface area (Å²) >= 11 is 1.75. The lowest BCUT2D eigenvalue weighted by Gasteiger charge is -2.34. The normalized spacial score (nSPS) is 19.7. The van der Waals surface area contributed by atoms with Gasteiger partial charge in [-0.25, -0.2) is 4.39 Å². The number of fused-ring (bicyclic) bond motifs is 1. The Kier molecular flexibility index (Phi) is 3.71. The van der Waals surface area contributed by atoms with Crippen molar-refractivity contribution in [1.82, 2.24) is 0 Å². The Bertz CT molecular complexity index is 370. The van der Waals surface area contributed by atoms with Gasteiger partial charge in [-0.3, -0.25) is 0 Å². The second-order valence-electron chi connectivity index (χ2n) is 4.13. The summed E-state index contributed by atoms with van der Waals surface area (Å²) in [5.41, 5.74) is 6.68. The molecule has 0 amide bonds. The van der Waals surface area contributed by atoms with Crippen LogP contribution in [0.4, 0.5) is 10.1 Å². The fraction of sp³-hybridized carbons (Fsp3) is 0.500. The van der Waals surface area contributed by atoms with Crippen LogP contribution in [0.3, 0.4) is 0 Å². The molecule has 1 aromatic carbocycles. The summed E-state index contributed by atoms with van der Waals surface area (Å²) in [6.07, 6.45) is 0.980. The Labute approximate surface area is 100 Å². The first kappa shape index (κ1) is 11.7. The van der Waals surface area contributed by atoms with E-state index < -0.39 is 0 Å². The van der Waals surface area contributed by atoms with Gasteiger partial charge >= 0.3 is 0 Å². The van der Waals surface area contributed by atoms with Crippen molar-refractivity contribution in [3.63, 3.8) is 0 Å². The van der Waals surface area contributed by atoms with Gasteiger partial charge in [0.2, 0.25) is 0 Å². The Balaban J connectivity index is 2.23. The molecule has 4 heteroatoms. The Hall–Kier alpha value is -0.740. The minimum atomic E-state index is -0.154. The molecule has 0 aromatic heterocycles. The average molecular weight is 240 g/mol. The number of anilines is 1. The number of halogens is 1. The molecular formula is C12H17FN2S. The van der Waals surface area contributed by atoms with Crippen molar-refractivity contribution in [3.05, 3.63) is 24.0 Å². The van der Waals surface area contributed by atoms with Crippen molar-refractivity contribution in [2.45, 2.75) is 23.5 Å². The van der Waals surface area contributed by atoms with Crippen LogP contribution in [0.1, 0.15) is 13.3 Å². The number of rotatable bonds is 3. The predicted molar refractivity (Wildman–Crippen MR) is 67.6 cm³/mol. The van der Waals surface area contributed by atoms with Crippen molar-refractivity contribution in [2.24, 2.45) is 5.73 Å². The summed E-state index contributed by atoms with van der Waals surface area (Å²) in [7, 11) is 0. The van der Waals surface area contributed by atoms with Crippen LogP contribution in [0.2, 0.25) is 0 Å². The van der Waals surface area contributed by atoms with Crippen LogP contribution in [0, 0.1) is 5.82 Å². The highest BCUT2D eigenvalue weighted by atomic mass is 32.2. The monoisotopic (exact) mass is 240 g/mol. The molecule has 0 saturated carbocycles. The van der Waals surface area contributed by atoms with Crippen LogP contribution in [0.15, 0.2) is 23.1 Å². The zero-order valence-electron chi connectivity index (χ0n) is 9.45. The van der Waals surface area contributed by atoms with E-state index in [1.807, 2.05) is 6.07 Å². The maximum Gasteiger partial charge on any atom is 0.124 e. The van der Waals surface area contributed by atoms with Crippen LogP contribution < -0.4 is 10.6 Å². The molecule has 1 heterocycles. The molecule has 0 bridgehead atoms. The van der Waals surface area contributed by atoms with Crippen LogP contribution in [0.5, 0.6) is 0 Å². The minimum absolute atomic E-state index is 0.154. The van der Waals surface area contributed by atoms with Gasteiger partial charge < -0.3 is 10.6 Å². The Morgan fingerprint density at radius 3 is 3.12 bits per heavy atom. The van der Waals surface area contributed by atoms with E-state index in [4.69, 9.17) is 5.73 Å². The molecule has 0 radical (unpaired) electrons. The quantitative estimate of drug-likeness (QED) is 0.880. The second kappa shape index (κ2) is 5.06. The molecule has 1 unspecified atom stereocenters. The van der Waals surface area contributed by atoms with E-state index >= 15 is 0 Å². The second-order valence-corrected chi connectivity index (χ2v) is 5.61. The molecular weight excluding hydrogens is 223 g/mol. The topological polar surface area (TPSA) is 29.3 Å². The van der Waals surface area contributed by atoms with Crippen LogP contribution in [0.25, 0.3) is 0 Å². The van der Waals surface area contributed by atoms with Gasteiger partial charge in [-0.15, -0.1) is 11.8 Å². The van der Waals surface area contributed by atoms with Gasteiger partial charge in [0, 0.05) is 23.2 Å². The number of nitrogens with two attached hydrogens (primary N) is 1. The number of hydrogen-bond donors (Lipinski definition) is 1. The van der Waals surface area contributed by atoms with E-state index in [0.29, 0.717) is 11.8 Å².